The molecule has 3 rings (SSSR count). The third kappa shape index (κ3) is 2.24. The second-order valence-corrected chi connectivity index (χ2v) is 6.11. The molecule has 0 heterocycles. The molecule has 0 saturated heterocycles. The molecule has 0 spiro atoms. The summed E-state index contributed by atoms with van der Waals surface area (Å²) in [6.45, 7) is 2.08. The molecule has 2 nitrogen and oxygen atoms in total. The number of fused-ring (bicyclic) bond motifs is 2. The van der Waals surface area contributed by atoms with Crippen LogP contribution in [0, 0.1) is 18.8 Å². The molecular formula is C14H18O2S. The average Bonchev–Trinajstić information content (AvgIpc) is 2.90. The number of aryl methyl sites for hydroxylation is 1. The highest BCUT2D eigenvalue weighted by Gasteiger charge is 2.47. The first kappa shape index (κ1) is 11.6. The van der Waals surface area contributed by atoms with Crippen LogP contribution in [0.5, 0.6) is 0 Å². The van der Waals surface area contributed by atoms with Crippen LogP contribution in [0.4, 0.5) is 0 Å². The lowest BCUT2D eigenvalue weighted by Gasteiger charge is -2.26. The van der Waals surface area contributed by atoms with Crippen LogP contribution < -0.4 is 0 Å². The predicted molar refractivity (Wildman–Crippen MR) is 68.7 cm³/mol. The fourth-order valence-corrected chi connectivity index (χ4v) is 3.79. The van der Waals surface area contributed by atoms with Gasteiger partial charge >= 0.3 is 0 Å². The molecule has 2 aliphatic carbocycles. The van der Waals surface area contributed by atoms with E-state index in [0.717, 1.165) is 11.3 Å². The van der Waals surface area contributed by atoms with Gasteiger partial charge in [0.2, 0.25) is 0 Å². The number of hydrogen-bond acceptors (Lipinski definition) is 3. The van der Waals surface area contributed by atoms with E-state index in [1.165, 1.54) is 30.4 Å². The Hall–Kier alpha value is -0.510. The van der Waals surface area contributed by atoms with Crippen molar-refractivity contribution in [1.82, 2.24) is 0 Å². The summed E-state index contributed by atoms with van der Waals surface area (Å²) in [5.74, 6) is 1.07. The van der Waals surface area contributed by atoms with Gasteiger partial charge < -0.3 is 9.29 Å². The second kappa shape index (κ2) is 4.63. The van der Waals surface area contributed by atoms with Gasteiger partial charge in [-0.05, 0) is 50.2 Å². The Balaban J connectivity index is 1.59. The van der Waals surface area contributed by atoms with Crippen molar-refractivity contribution in [2.75, 3.05) is 0 Å². The van der Waals surface area contributed by atoms with E-state index in [1.807, 2.05) is 0 Å². The predicted octanol–water partition coefficient (Wildman–Crippen LogP) is 3.18. The fourth-order valence-electron chi connectivity index (χ4n) is 3.05. The van der Waals surface area contributed by atoms with Gasteiger partial charge in [0, 0.05) is 16.9 Å². The standard InChI is InChI=1S/C14H18O2S/c1-9-2-6-12(7-3-9)17-16-14-11-5-4-10(8-11)13(14)15/h2-3,6-7,10-11,13-15H,4-5,8H2,1H3. The van der Waals surface area contributed by atoms with Crippen LogP contribution in [0.3, 0.4) is 0 Å². The summed E-state index contributed by atoms with van der Waals surface area (Å²) in [5.41, 5.74) is 1.26. The molecule has 0 amide bonds. The van der Waals surface area contributed by atoms with Crippen molar-refractivity contribution >= 4 is 12.0 Å². The highest BCUT2D eigenvalue weighted by Crippen LogP contribution is 2.47. The molecule has 17 heavy (non-hydrogen) atoms. The minimum Gasteiger partial charge on any atom is -0.390 e. The van der Waals surface area contributed by atoms with Gasteiger partial charge in [-0.2, -0.15) is 0 Å². The monoisotopic (exact) mass is 250 g/mol. The van der Waals surface area contributed by atoms with E-state index in [-0.39, 0.29) is 12.2 Å². The number of rotatable bonds is 3. The van der Waals surface area contributed by atoms with Gasteiger partial charge in [-0.3, -0.25) is 0 Å². The van der Waals surface area contributed by atoms with E-state index in [1.54, 1.807) is 0 Å². The summed E-state index contributed by atoms with van der Waals surface area (Å²) in [6, 6.07) is 8.31. The molecule has 1 aromatic rings. The van der Waals surface area contributed by atoms with Gasteiger partial charge in [0.1, 0.15) is 6.10 Å². The third-order valence-electron chi connectivity index (χ3n) is 4.07. The smallest absolute Gasteiger partial charge is 0.102 e. The lowest BCUT2D eigenvalue weighted by atomic mass is 9.95. The average molecular weight is 250 g/mol. The molecule has 1 aromatic carbocycles. The molecule has 92 valence electrons. The van der Waals surface area contributed by atoms with Crippen LogP contribution in [0.25, 0.3) is 0 Å². The van der Waals surface area contributed by atoms with Gasteiger partial charge in [-0.15, -0.1) is 0 Å². The maximum Gasteiger partial charge on any atom is 0.102 e. The van der Waals surface area contributed by atoms with Gasteiger partial charge in [-0.1, -0.05) is 17.7 Å². The van der Waals surface area contributed by atoms with Crippen molar-refractivity contribution in [1.29, 1.82) is 0 Å². The molecule has 2 saturated carbocycles. The molecule has 2 fully saturated rings. The quantitative estimate of drug-likeness (QED) is 0.835. The van der Waals surface area contributed by atoms with E-state index < -0.39 is 0 Å². The minimum atomic E-state index is -0.244. The van der Waals surface area contributed by atoms with Crippen molar-refractivity contribution in [3.8, 4) is 0 Å². The Morgan fingerprint density at radius 2 is 1.88 bits per heavy atom. The first-order valence-electron chi connectivity index (χ1n) is 6.32. The van der Waals surface area contributed by atoms with Crippen molar-refractivity contribution < 1.29 is 9.29 Å². The van der Waals surface area contributed by atoms with Gasteiger partial charge in [0.15, 0.2) is 0 Å². The minimum absolute atomic E-state index is 0.0417. The molecule has 3 heteroatoms. The van der Waals surface area contributed by atoms with Gasteiger partial charge in [0.25, 0.3) is 0 Å². The molecule has 4 unspecified atom stereocenters. The summed E-state index contributed by atoms with van der Waals surface area (Å²) in [5, 5.41) is 10.1. The van der Waals surface area contributed by atoms with E-state index in [0.29, 0.717) is 11.8 Å². The maximum absolute atomic E-state index is 10.1. The molecule has 4 atom stereocenters. The lowest BCUT2D eigenvalue weighted by Crippen LogP contribution is -2.33. The van der Waals surface area contributed by atoms with Crippen LogP contribution in [-0.2, 0) is 4.18 Å². The zero-order valence-corrected chi connectivity index (χ0v) is 10.8. The Morgan fingerprint density at radius 1 is 1.18 bits per heavy atom. The van der Waals surface area contributed by atoms with Crippen LogP contribution in [0.2, 0.25) is 0 Å². The zero-order valence-electron chi connectivity index (χ0n) is 10.0. The normalized spacial score (nSPS) is 35.4. The molecule has 1 N–H and O–H groups in total. The number of benzene rings is 1. The summed E-state index contributed by atoms with van der Waals surface area (Å²) in [6.07, 6.45) is 3.36. The first-order chi connectivity index (χ1) is 8.24. The first-order valence-corrected chi connectivity index (χ1v) is 7.06. The molecule has 0 aromatic heterocycles. The summed E-state index contributed by atoms with van der Waals surface area (Å²) in [7, 11) is 0. The highest BCUT2D eigenvalue weighted by molar-refractivity contribution is 7.94. The third-order valence-corrected chi connectivity index (χ3v) is 4.86. The van der Waals surface area contributed by atoms with Crippen molar-refractivity contribution in [3.05, 3.63) is 29.8 Å². The van der Waals surface area contributed by atoms with E-state index in [9.17, 15) is 5.11 Å². The molecule has 2 bridgehead atoms. The van der Waals surface area contributed by atoms with Gasteiger partial charge in [0.05, 0.1) is 6.10 Å². The van der Waals surface area contributed by atoms with Gasteiger partial charge in [-0.25, -0.2) is 0 Å². The topological polar surface area (TPSA) is 29.5 Å². The summed E-state index contributed by atoms with van der Waals surface area (Å²) >= 11 is 1.41. The van der Waals surface area contributed by atoms with Crippen LogP contribution in [-0.4, -0.2) is 17.3 Å². The van der Waals surface area contributed by atoms with E-state index in [4.69, 9.17) is 4.18 Å². The fraction of sp³-hybridized carbons (Fsp3) is 0.571. The zero-order chi connectivity index (χ0) is 11.8. The van der Waals surface area contributed by atoms with Crippen LogP contribution in [0.1, 0.15) is 24.8 Å². The Kier molecular flexibility index (Phi) is 3.16. The molecule has 0 aliphatic heterocycles. The Morgan fingerprint density at radius 3 is 2.53 bits per heavy atom. The Bertz CT molecular complexity index is 388. The number of aliphatic hydroxyl groups is 1. The van der Waals surface area contributed by atoms with Crippen LogP contribution in [0.15, 0.2) is 29.2 Å². The van der Waals surface area contributed by atoms with Crippen LogP contribution >= 0.6 is 12.0 Å². The highest BCUT2D eigenvalue weighted by atomic mass is 32.2. The van der Waals surface area contributed by atoms with Crippen molar-refractivity contribution in [2.45, 2.75) is 43.3 Å². The molecular weight excluding hydrogens is 232 g/mol. The van der Waals surface area contributed by atoms with Crippen molar-refractivity contribution in [3.63, 3.8) is 0 Å². The maximum atomic E-state index is 10.1. The Labute approximate surface area is 107 Å². The molecule has 0 radical (unpaired) electrons. The summed E-state index contributed by atoms with van der Waals surface area (Å²) < 4.78 is 5.84. The second-order valence-electron chi connectivity index (χ2n) is 5.28. The summed E-state index contributed by atoms with van der Waals surface area (Å²) in [4.78, 5) is 1.12. The number of aliphatic hydroxyl groups excluding tert-OH is 1. The number of hydrogen-bond donors (Lipinski definition) is 1. The largest absolute Gasteiger partial charge is 0.390 e. The molecule has 2 aliphatic rings. The van der Waals surface area contributed by atoms with E-state index >= 15 is 0 Å². The lowest BCUT2D eigenvalue weighted by molar-refractivity contribution is 0.0101. The SMILES string of the molecule is Cc1ccc(SOC2C3CCC(C3)C2O)cc1. The van der Waals surface area contributed by atoms with E-state index in [2.05, 4.69) is 31.2 Å². The van der Waals surface area contributed by atoms with Crippen molar-refractivity contribution in [2.24, 2.45) is 11.8 Å².